The van der Waals surface area contributed by atoms with Gasteiger partial charge >= 0.3 is 12.4 Å². The number of likely N-dealkylation sites (tertiary alicyclic amines) is 1. The number of benzene rings is 1. The van der Waals surface area contributed by atoms with Gasteiger partial charge in [0.1, 0.15) is 5.69 Å². The Morgan fingerprint density at radius 2 is 1.67 bits per heavy atom. The molecular weight excluding hydrogens is 566 g/mol. The van der Waals surface area contributed by atoms with Crippen LogP contribution in [0.15, 0.2) is 12.1 Å². The average Bonchev–Trinajstić information content (AvgIpc) is 3.43. The van der Waals surface area contributed by atoms with Gasteiger partial charge in [0.2, 0.25) is 0 Å². The quantitative estimate of drug-likeness (QED) is 0.430. The second kappa shape index (κ2) is 10.3. The molecule has 1 saturated heterocycles. The Kier molecular flexibility index (Phi) is 8.09. The van der Waals surface area contributed by atoms with Crippen LogP contribution >= 0.6 is 11.3 Å². The molecule has 1 aliphatic rings. The standard InChI is InChI=1S/C23H23F8N3O4S/c1-10-5-4-8-34(10)19(36)15-16(39-18(33-15)17(35)32-9-20(2,3)37)11-6-7-12(14(25)13(11)24)21(38,22(26,27)28)23(29,30)31/h6-7,10,37-38H,4-5,8-9H2,1-3H3,(H,32,35)/t10-/m0/s1. The molecule has 0 spiro atoms. The molecule has 0 unspecified atom stereocenters. The number of hydrogen-bond acceptors (Lipinski definition) is 6. The fraction of sp³-hybridized carbons (Fsp3) is 0.522. The monoisotopic (exact) mass is 589 g/mol. The molecule has 2 heterocycles. The molecule has 1 atom stereocenters. The van der Waals surface area contributed by atoms with E-state index in [1.165, 1.54) is 18.7 Å². The Labute approximate surface area is 220 Å². The molecule has 0 radical (unpaired) electrons. The maximum absolute atomic E-state index is 15.2. The number of thiazole rings is 1. The number of carbonyl (C=O) groups excluding carboxylic acids is 2. The zero-order chi connectivity index (χ0) is 29.7. The predicted octanol–water partition coefficient (Wildman–Crippen LogP) is 4.53. The zero-order valence-corrected chi connectivity index (χ0v) is 21.4. The van der Waals surface area contributed by atoms with Crippen molar-refractivity contribution in [1.29, 1.82) is 0 Å². The van der Waals surface area contributed by atoms with Crippen molar-refractivity contribution < 1.29 is 54.9 Å². The molecule has 0 aliphatic carbocycles. The Morgan fingerprint density at radius 1 is 1.08 bits per heavy atom. The van der Waals surface area contributed by atoms with Gasteiger partial charge in [-0.15, -0.1) is 11.3 Å². The van der Waals surface area contributed by atoms with Crippen LogP contribution in [0.2, 0.25) is 0 Å². The highest BCUT2D eigenvalue weighted by Gasteiger charge is 2.72. The summed E-state index contributed by atoms with van der Waals surface area (Å²) in [6.07, 6.45) is -11.8. The van der Waals surface area contributed by atoms with Crippen LogP contribution in [0.4, 0.5) is 35.1 Å². The lowest BCUT2D eigenvalue weighted by Gasteiger charge is -2.33. The van der Waals surface area contributed by atoms with Crippen molar-refractivity contribution in [2.75, 3.05) is 13.1 Å². The molecule has 39 heavy (non-hydrogen) atoms. The van der Waals surface area contributed by atoms with Crippen LogP contribution < -0.4 is 5.32 Å². The lowest BCUT2D eigenvalue weighted by Crippen LogP contribution is -2.54. The summed E-state index contributed by atoms with van der Waals surface area (Å²) >= 11 is 0.341. The molecule has 0 saturated carbocycles. The SMILES string of the molecule is C[C@H]1CCCN1C(=O)c1nc(C(=O)NCC(C)(C)O)sc1-c1ccc(C(O)(C(F)(F)F)C(F)(F)F)c(F)c1F. The number of hydrogen-bond donors (Lipinski definition) is 3. The first-order chi connectivity index (χ1) is 17.7. The average molecular weight is 590 g/mol. The molecular formula is C23H23F8N3O4S. The third-order valence-corrected chi connectivity index (χ3v) is 7.14. The number of amides is 2. The van der Waals surface area contributed by atoms with E-state index in [2.05, 4.69) is 10.3 Å². The molecule has 1 aromatic heterocycles. The number of aliphatic hydroxyl groups is 2. The van der Waals surface area contributed by atoms with E-state index >= 15 is 4.39 Å². The van der Waals surface area contributed by atoms with Crippen LogP contribution in [0.5, 0.6) is 0 Å². The smallest absolute Gasteiger partial charge is 0.389 e. The highest BCUT2D eigenvalue weighted by Crippen LogP contribution is 2.51. The maximum Gasteiger partial charge on any atom is 0.430 e. The van der Waals surface area contributed by atoms with Crippen molar-refractivity contribution >= 4 is 23.2 Å². The van der Waals surface area contributed by atoms with Gasteiger partial charge in [0, 0.05) is 30.3 Å². The van der Waals surface area contributed by atoms with Gasteiger partial charge in [0.15, 0.2) is 16.6 Å². The molecule has 3 rings (SSSR count). The number of carbonyl (C=O) groups is 2. The minimum atomic E-state index is -6.47. The lowest BCUT2D eigenvalue weighted by atomic mass is 9.90. The van der Waals surface area contributed by atoms with E-state index in [0.717, 1.165) is 0 Å². The van der Waals surface area contributed by atoms with Gasteiger partial charge in [0.25, 0.3) is 17.4 Å². The van der Waals surface area contributed by atoms with Crippen molar-refractivity contribution in [1.82, 2.24) is 15.2 Å². The summed E-state index contributed by atoms with van der Waals surface area (Å²) in [5.74, 6) is -6.63. The third kappa shape index (κ3) is 5.72. The summed E-state index contributed by atoms with van der Waals surface area (Å²) in [6.45, 7) is 4.40. The van der Waals surface area contributed by atoms with Gasteiger partial charge in [-0.25, -0.2) is 13.8 Å². The Bertz CT molecular complexity index is 1260. The predicted molar refractivity (Wildman–Crippen MR) is 122 cm³/mol. The highest BCUT2D eigenvalue weighted by molar-refractivity contribution is 7.17. The van der Waals surface area contributed by atoms with E-state index in [0.29, 0.717) is 30.2 Å². The van der Waals surface area contributed by atoms with E-state index in [1.807, 2.05) is 0 Å². The number of rotatable bonds is 6. The Hall–Kier alpha value is -2.85. The van der Waals surface area contributed by atoms with E-state index < -0.39 is 73.7 Å². The molecule has 1 aliphatic heterocycles. The Morgan fingerprint density at radius 3 is 2.15 bits per heavy atom. The molecule has 2 aromatic rings. The van der Waals surface area contributed by atoms with Crippen molar-refractivity contribution in [3.05, 3.63) is 40.0 Å². The van der Waals surface area contributed by atoms with Gasteiger partial charge in [-0.1, -0.05) is 6.07 Å². The summed E-state index contributed by atoms with van der Waals surface area (Å²) in [5, 5.41) is 21.2. The van der Waals surface area contributed by atoms with Crippen LogP contribution in [0.1, 0.15) is 59.5 Å². The summed E-state index contributed by atoms with van der Waals surface area (Å²) in [5.41, 5.74) is -11.1. The van der Waals surface area contributed by atoms with Gasteiger partial charge in [-0.2, -0.15) is 26.3 Å². The minimum absolute atomic E-state index is 0.0881. The maximum atomic E-state index is 15.2. The molecule has 2 amide bonds. The van der Waals surface area contributed by atoms with Gasteiger partial charge in [-0.05, 0) is 39.7 Å². The number of nitrogens with zero attached hydrogens (tertiary/aromatic N) is 2. The molecule has 1 aromatic carbocycles. The molecule has 1 fully saturated rings. The van der Waals surface area contributed by atoms with Crippen LogP contribution in [-0.2, 0) is 5.60 Å². The van der Waals surface area contributed by atoms with Crippen LogP contribution in [0.3, 0.4) is 0 Å². The second-order valence-electron chi connectivity index (χ2n) is 9.68. The van der Waals surface area contributed by atoms with Crippen molar-refractivity contribution in [3.63, 3.8) is 0 Å². The molecule has 7 nitrogen and oxygen atoms in total. The van der Waals surface area contributed by atoms with Crippen LogP contribution in [0, 0.1) is 11.6 Å². The van der Waals surface area contributed by atoms with Gasteiger partial charge < -0.3 is 20.4 Å². The fourth-order valence-corrected chi connectivity index (χ4v) is 4.95. The summed E-state index contributed by atoms with van der Waals surface area (Å²) < 4.78 is 110. The molecule has 216 valence electrons. The number of halogens is 8. The van der Waals surface area contributed by atoms with E-state index in [9.17, 15) is 50.5 Å². The van der Waals surface area contributed by atoms with E-state index in [1.54, 1.807) is 6.92 Å². The summed E-state index contributed by atoms with van der Waals surface area (Å²) in [4.78, 5) is 30.6. The van der Waals surface area contributed by atoms with Gasteiger partial charge in [-0.3, -0.25) is 9.59 Å². The first kappa shape index (κ1) is 30.7. The largest absolute Gasteiger partial charge is 0.430 e. The molecule has 16 heteroatoms. The summed E-state index contributed by atoms with van der Waals surface area (Å²) in [7, 11) is 0. The first-order valence-electron chi connectivity index (χ1n) is 11.4. The van der Waals surface area contributed by atoms with Crippen molar-refractivity contribution in [3.8, 4) is 10.4 Å². The highest BCUT2D eigenvalue weighted by atomic mass is 32.1. The summed E-state index contributed by atoms with van der Waals surface area (Å²) in [6, 6.07) is -0.0567. The second-order valence-corrected chi connectivity index (χ2v) is 10.7. The fourth-order valence-electron chi connectivity index (χ4n) is 3.96. The van der Waals surface area contributed by atoms with Crippen molar-refractivity contribution in [2.45, 2.75) is 63.2 Å². The topological polar surface area (TPSA) is 103 Å². The minimum Gasteiger partial charge on any atom is -0.389 e. The van der Waals surface area contributed by atoms with E-state index in [4.69, 9.17) is 0 Å². The Balaban J connectivity index is 2.19. The first-order valence-corrected chi connectivity index (χ1v) is 12.2. The third-order valence-electron chi connectivity index (χ3n) is 6.06. The lowest BCUT2D eigenvalue weighted by molar-refractivity contribution is -0.377. The van der Waals surface area contributed by atoms with E-state index in [-0.39, 0.29) is 25.2 Å². The van der Waals surface area contributed by atoms with Crippen LogP contribution in [0.25, 0.3) is 10.4 Å². The van der Waals surface area contributed by atoms with Gasteiger partial charge in [0.05, 0.1) is 10.5 Å². The molecule has 0 bridgehead atoms. The zero-order valence-electron chi connectivity index (χ0n) is 20.6. The number of aromatic nitrogens is 1. The molecule has 3 N–H and O–H groups in total. The number of alkyl halides is 6. The number of nitrogens with one attached hydrogen (secondary N) is 1. The van der Waals surface area contributed by atoms with Crippen molar-refractivity contribution in [2.24, 2.45) is 0 Å². The normalized spacial score (nSPS) is 17.1. The van der Waals surface area contributed by atoms with Crippen LogP contribution in [-0.4, -0.2) is 69.0 Å².